The monoisotopic (exact) mass is 365 g/mol. The van der Waals surface area contributed by atoms with Crippen molar-refractivity contribution in [2.45, 2.75) is 84.6 Å². The Morgan fingerprint density at radius 3 is 2.54 bits per heavy atom. The van der Waals surface area contributed by atoms with Crippen molar-refractivity contribution in [3.05, 3.63) is 12.2 Å². The molecule has 4 atom stereocenters. The molecule has 5 nitrogen and oxygen atoms in total. The third kappa shape index (κ3) is 6.93. The largest absolute Gasteiger partial charge is 0.480 e. The lowest BCUT2D eigenvalue weighted by molar-refractivity contribution is -0.142. The highest BCUT2D eigenvalue weighted by Gasteiger charge is 2.41. The van der Waals surface area contributed by atoms with Crippen LogP contribution < -0.4 is 5.32 Å². The van der Waals surface area contributed by atoms with Crippen LogP contribution in [0.25, 0.3) is 0 Å². The Hall–Kier alpha value is -1.65. The number of unbranched alkanes of at least 4 members (excludes halogenated alkanes) is 1. The molecule has 148 valence electrons. The molecule has 0 saturated heterocycles. The third-order valence-corrected chi connectivity index (χ3v) is 5.28. The van der Waals surface area contributed by atoms with E-state index in [4.69, 9.17) is 0 Å². The molecule has 0 bridgehead atoms. The highest BCUT2D eigenvalue weighted by Crippen LogP contribution is 2.40. The summed E-state index contributed by atoms with van der Waals surface area (Å²) in [5, 5.41) is 11.8. The fourth-order valence-electron chi connectivity index (χ4n) is 3.87. The number of carbonyl (C=O) groups is 3. The van der Waals surface area contributed by atoms with Gasteiger partial charge in [0.2, 0.25) is 5.91 Å². The van der Waals surface area contributed by atoms with Gasteiger partial charge in [0, 0.05) is 18.3 Å². The molecule has 26 heavy (non-hydrogen) atoms. The number of aliphatic carboxylic acids is 1. The van der Waals surface area contributed by atoms with E-state index < -0.39 is 12.0 Å². The van der Waals surface area contributed by atoms with Crippen LogP contribution in [0.3, 0.4) is 0 Å². The van der Waals surface area contributed by atoms with Crippen LogP contribution in [-0.4, -0.2) is 28.8 Å². The third-order valence-electron chi connectivity index (χ3n) is 5.28. The quantitative estimate of drug-likeness (QED) is 0.510. The molecule has 1 saturated carbocycles. The highest BCUT2D eigenvalue weighted by atomic mass is 16.4. The first-order valence-corrected chi connectivity index (χ1v) is 10.1. The molecule has 0 aromatic carbocycles. The molecule has 2 N–H and O–H groups in total. The van der Waals surface area contributed by atoms with Gasteiger partial charge in [0.25, 0.3) is 0 Å². The Morgan fingerprint density at radius 1 is 1.23 bits per heavy atom. The predicted molar refractivity (Wildman–Crippen MR) is 103 cm³/mol. The number of hydrogen-bond acceptors (Lipinski definition) is 3. The van der Waals surface area contributed by atoms with E-state index in [1.807, 2.05) is 13.0 Å². The number of carbonyl (C=O) groups excluding carboxylic acids is 2. The van der Waals surface area contributed by atoms with Crippen molar-refractivity contribution in [2.24, 2.45) is 17.8 Å². The SMILES string of the molecule is CC/C=C\C[C@@H]1C(=O)C(CCCC)C[C@@H]1CC(=O)N[C@@H](CCC)C(=O)O. The Morgan fingerprint density at radius 2 is 1.96 bits per heavy atom. The number of allylic oxidation sites excluding steroid dienone is 2. The maximum Gasteiger partial charge on any atom is 0.326 e. The Kier molecular flexibility index (Phi) is 10.2. The second-order valence-corrected chi connectivity index (χ2v) is 7.41. The summed E-state index contributed by atoms with van der Waals surface area (Å²) in [4.78, 5) is 36.4. The fourth-order valence-corrected chi connectivity index (χ4v) is 3.87. The maximum absolute atomic E-state index is 12.8. The molecule has 1 fully saturated rings. The number of carboxylic acids is 1. The highest BCUT2D eigenvalue weighted by molar-refractivity contribution is 5.88. The van der Waals surface area contributed by atoms with Crippen molar-refractivity contribution in [2.75, 3.05) is 0 Å². The van der Waals surface area contributed by atoms with Crippen molar-refractivity contribution in [1.82, 2.24) is 5.32 Å². The number of rotatable bonds is 12. The minimum absolute atomic E-state index is 0.0157. The van der Waals surface area contributed by atoms with E-state index in [1.54, 1.807) is 0 Å². The summed E-state index contributed by atoms with van der Waals surface area (Å²) in [6.45, 7) is 6.07. The number of ketones is 1. The topological polar surface area (TPSA) is 83.5 Å². The lowest BCUT2D eigenvalue weighted by Gasteiger charge is -2.19. The average molecular weight is 366 g/mol. The molecule has 0 radical (unpaired) electrons. The summed E-state index contributed by atoms with van der Waals surface area (Å²) in [5.74, 6) is -0.990. The van der Waals surface area contributed by atoms with E-state index in [0.717, 1.165) is 32.1 Å². The maximum atomic E-state index is 12.8. The van der Waals surface area contributed by atoms with Gasteiger partial charge in [-0.25, -0.2) is 4.79 Å². The molecule has 1 unspecified atom stereocenters. The summed E-state index contributed by atoms with van der Waals surface area (Å²) in [6, 6.07) is -0.834. The number of carboxylic acid groups (broad SMARTS) is 1. The van der Waals surface area contributed by atoms with Crippen molar-refractivity contribution in [3.8, 4) is 0 Å². The Bertz CT molecular complexity index is 500. The molecule has 0 spiro atoms. The van der Waals surface area contributed by atoms with E-state index in [2.05, 4.69) is 25.2 Å². The van der Waals surface area contributed by atoms with Gasteiger partial charge in [0.1, 0.15) is 11.8 Å². The van der Waals surface area contributed by atoms with Gasteiger partial charge in [-0.05, 0) is 38.0 Å². The van der Waals surface area contributed by atoms with Crippen LogP contribution >= 0.6 is 0 Å². The van der Waals surface area contributed by atoms with Crippen LogP contribution in [0.1, 0.15) is 78.6 Å². The van der Waals surface area contributed by atoms with Gasteiger partial charge >= 0.3 is 5.97 Å². The summed E-state index contributed by atoms with van der Waals surface area (Å²) in [5.41, 5.74) is 0. The van der Waals surface area contributed by atoms with Crippen molar-refractivity contribution >= 4 is 17.7 Å². The van der Waals surface area contributed by atoms with Crippen molar-refractivity contribution < 1.29 is 19.5 Å². The molecule has 0 aliphatic heterocycles. The Balaban J connectivity index is 2.74. The average Bonchev–Trinajstić information content (AvgIpc) is 2.88. The van der Waals surface area contributed by atoms with Crippen LogP contribution in [0.15, 0.2) is 12.2 Å². The lowest BCUT2D eigenvalue weighted by atomic mass is 9.89. The normalized spacial score (nSPS) is 24.1. The first kappa shape index (κ1) is 22.4. The molecular formula is C21H35NO4. The van der Waals surface area contributed by atoms with Gasteiger partial charge in [-0.3, -0.25) is 9.59 Å². The number of Topliss-reactive ketones (excluding diaryl/α,β-unsaturated/α-hetero) is 1. The van der Waals surface area contributed by atoms with Gasteiger partial charge < -0.3 is 10.4 Å². The van der Waals surface area contributed by atoms with Crippen LogP contribution in [0, 0.1) is 17.8 Å². The van der Waals surface area contributed by atoms with Crippen LogP contribution in [-0.2, 0) is 14.4 Å². The number of amides is 1. The van der Waals surface area contributed by atoms with Crippen LogP contribution in [0.2, 0.25) is 0 Å². The van der Waals surface area contributed by atoms with E-state index >= 15 is 0 Å². The first-order chi connectivity index (χ1) is 12.4. The van der Waals surface area contributed by atoms with E-state index in [9.17, 15) is 19.5 Å². The van der Waals surface area contributed by atoms with Crippen LogP contribution in [0.5, 0.6) is 0 Å². The fraction of sp³-hybridized carbons (Fsp3) is 0.762. The first-order valence-electron chi connectivity index (χ1n) is 10.1. The smallest absolute Gasteiger partial charge is 0.326 e. The minimum atomic E-state index is -0.994. The van der Waals surface area contributed by atoms with Crippen molar-refractivity contribution in [1.29, 1.82) is 0 Å². The molecule has 1 rings (SSSR count). The van der Waals surface area contributed by atoms with Crippen molar-refractivity contribution in [3.63, 3.8) is 0 Å². The summed E-state index contributed by atoms with van der Waals surface area (Å²) < 4.78 is 0. The van der Waals surface area contributed by atoms with Gasteiger partial charge in [-0.2, -0.15) is 0 Å². The zero-order chi connectivity index (χ0) is 19.5. The van der Waals surface area contributed by atoms with E-state index in [1.165, 1.54) is 0 Å². The molecule has 1 aliphatic rings. The second-order valence-electron chi connectivity index (χ2n) is 7.41. The van der Waals surface area contributed by atoms with Gasteiger partial charge in [0.05, 0.1) is 0 Å². The molecule has 1 aliphatic carbocycles. The molecule has 5 heteroatoms. The van der Waals surface area contributed by atoms with E-state index in [-0.39, 0.29) is 30.1 Å². The lowest BCUT2D eigenvalue weighted by Crippen LogP contribution is -2.41. The molecule has 1 amide bonds. The van der Waals surface area contributed by atoms with Gasteiger partial charge in [-0.1, -0.05) is 52.2 Å². The second kappa shape index (κ2) is 11.9. The number of hydrogen-bond donors (Lipinski definition) is 2. The van der Waals surface area contributed by atoms with Gasteiger partial charge in [0.15, 0.2) is 0 Å². The summed E-state index contributed by atoms with van der Waals surface area (Å²) in [6.07, 6.45) is 10.8. The molecule has 0 aromatic rings. The summed E-state index contributed by atoms with van der Waals surface area (Å²) in [7, 11) is 0. The van der Waals surface area contributed by atoms with Gasteiger partial charge in [-0.15, -0.1) is 0 Å². The zero-order valence-corrected chi connectivity index (χ0v) is 16.5. The standard InChI is InChI=1S/C21H35NO4/c1-4-7-9-12-17-16(13-15(20(17)24)11-8-5-2)14-19(23)22-18(10-6-3)21(25)26/h7,9,15-18H,4-6,8,10-14H2,1-3H3,(H,22,23)(H,25,26)/b9-7-/t15?,16-,17+,18+/m1/s1. The summed E-state index contributed by atoms with van der Waals surface area (Å²) >= 11 is 0. The molecule has 0 aromatic heterocycles. The predicted octanol–water partition coefficient (Wildman–Crippen LogP) is 4.11. The Labute approximate surface area is 157 Å². The molecule has 0 heterocycles. The molecular weight excluding hydrogens is 330 g/mol. The zero-order valence-electron chi connectivity index (χ0n) is 16.5. The number of nitrogens with one attached hydrogen (secondary N) is 1. The van der Waals surface area contributed by atoms with Crippen LogP contribution in [0.4, 0.5) is 0 Å². The minimum Gasteiger partial charge on any atom is -0.480 e. The van der Waals surface area contributed by atoms with E-state index in [0.29, 0.717) is 25.0 Å².